The molecule has 29 heavy (non-hydrogen) atoms. The van der Waals surface area contributed by atoms with Gasteiger partial charge in [-0.05, 0) is 44.0 Å². The number of halogens is 1. The smallest absolute Gasteiger partial charge is 0.243 e. The minimum atomic E-state index is -3.54. The van der Waals surface area contributed by atoms with E-state index in [4.69, 9.17) is 0 Å². The maximum absolute atomic E-state index is 13.7. The van der Waals surface area contributed by atoms with Gasteiger partial charge >= 0.3 is 0 Å². The summed E-state index contributed by atoms with van der Waals surface area (Å²) in [7, 11) is -3.54. The molecule has 0 aliphatic carbocycles. The summed E-state index contributed by atoms with van der Waals surface area (Å²) in [6.07, 6.45) is 1.58. The van der Waals surface area contributed by atoms with Crippen molar-refractivity contribution >= 4 is 21.6 Å². The first-order chi connectivity index (χ1) is 13.9. The van der Waals surface area contributed by atoms with Crippen LogP contribution in [0.3, 0.4) is 0 Å². The zero-order chi connectivity index (χ0) is 20.6. The highest BCUT2D eigenvalue weighted by Crippen LogP contribution is 2.35. The number of hydrogen-bond acceptors (Lipinski definition) is 4. The fourth-order valence-corrected chi connectivity index (χ4v) is 6.20. The molecule has 2 aromatic rings. The number of piperazine rings is 1. The largest absolute Gasteiger partial charge is 0.325 e. The summed E-state index contributed by atoms with van der Waals surface area (Å²) in [5.74, 6) is -0.585. The van der Waals surface area contributed by atoms with Crippen molar-refractivity contribution in [3.8, 4) is 0 Å². The number of nitrogens with one attached hydrogen (secondary N) is 1. The highest BCUT2D eigenvalue weighted by molar-refractivity contribution is 7.89. The molecule has 154 valence electrons. The molecule has 0 saturated carbocycles. The molecular weight excluding hydrogens is 393 g/mol. The lowest BCUT2D eigenvalue weighted by molar-refractivity contribution is -0.117. The van der Waals surface area contributed by atoms with Gasteiger partial charge in [-0.3, -0.25) is 9.69 Å². The second-order valence-corrected chi connectivity index (χ2v) is 9.53. The minimum Gasteiger partial charge on any atom is -0.325 e. The first-order valence-corrected chi connectivity index (χ1v) is 11.2. The Morgan fingerprint density at radius 1 is 1.07 bits per heavy atom. The van der Waals surface area contributed by atoms with E-state index in [9.17, 15) is 17.6 Å². The summed E-state index contributed by atoms with van der Waals surface area (Å²) >= 11 is 0. The van der Waals surface area contributed by atoms with Crippen LogP contribution in [0.25, 0.3) is 0 Å². The van der Waals surface area contributed by atoms with Crippen LogP contribution in [-0.4, -0.2) is 55.2 Å². The van der Waals surface area contributed by atoms with Crippen molar-refractivity contribution in [2.24, 2.45) is 0 Å². The van der Waals surface area contributed by atoms with E-state index in [1.807, 2.05) is 4.90 Å². The second kappa shape index (κ2) is 7.85. The average molecular weight is 418 g/mol. The number of rotatable bonds is 5. The number of benzene rings is 2. The number of carbonyl (C=O) groups is 1. The number of sulfonamides is 1. The Kier molecular flexibility index (Phi) is 5.42. The van der Waals surface area contributed by atoms with E-state index in [1.54, 1.807) is 53.7 Å². The maximum Gasteiger partial charge on any atom is 0.243 e. The number of likely N-dealkylation sites (tertiary alicyclic amines) is 1. The minimum absolute atomic E-state index is 0.136. The lowest BCUT2D eigenvalue weighted by Crippen LogP contribution is -2.56. The molecule has 2 saturated heterocycles. The summed E-state index contributed by atoms with van der Waals surface area (Å²) < 4.78 is 41.5. The van der Waals surface area contributed by atoms with Crippen molar-refractivity contribution in [2.75, 3.05) is 25.0 Å². The summed E-state index contributed by atoms with van der Waals surface area (Å²) in [4.78, 5) is 14.8. The fourth-order valence-electron chi connectivity index (χ4n) is 4.32. The topological polar surface area (TPSA) is 69.7 Å². The molecule has 2 heterocycles. The van der Waals surface area contributed by atoms with Crippen LogP contribution in [-0.2, 0) is 14.8 Å². The van der Waals surface area contributed by atoms with Crippen LogP contribution in [0.15, 0.2) is 53.4 Å². The van der Waals surface area contributed by atoms with E-state index < -0.39 is 10.0 Å². The van der Waals surface area contributed by atoms with Gasteiger partial charge in [0.25, 0.3) is 0 Å². The Labute approximate surface area is 170 Å². The van der Waals surface area contributed by atoms with Crippen LogP contribution in [0.1, 0.15) is 18.4 Å². The molecule has 0 aromatic heterocycles. The van der Waals surface area contributed by atoms with Crippen molar-refractivity contribution in [3.63, 3.8) is 0 Å². The first kappa shape index (κ1) is 20.0. The van der Waals surface area contributed by atoms with E-state index in [0.29, 0.717) is 29.2 Å². The average Bonchev–Trinajstić information content (AvgIpc) is 2.98. The molecule has 6 nitrogen and oxygen atoms in total. The van der Waals surface area contributed by atoms with Gasteiger partial charge in [-0.15, -0.1) is 0 Å². The molecule has 2 atom stereocenters. The van der Waals surface area contributed by atoms with Gasteiger partial charge in [0.2, 0.25) is 15.9 Å². The molecular formula is C21H24FN3O3S. The predicted molar refractivity (Wildman–Crippen MR) is 108 cm³/mol. The van der Waals surface area contributed by atoms with E-state index >= 15 is 0 Å². The monoisotopic (exact) mass is 417 g/mol. The third-order valence-electron chi connectivity index (χ3n) is 5.72. The standard InChI is InChI=1S/C21H24FN3O3S/c1-15-19(22)8-5-9-20(15)23-21(26)14-24-12-16-10-11-17(13-24)25(16)29(27,28)18-6-3-2-4-7-18/h2-9,16-17H,10-14H2,1H3,(H,23,26). The predicted octanol–water partition coefficient (Wildman–Crippen LogP) is 2.61. The normalized spacial score (nSPS) is 22.6. The SMILES string of the molecule is Cc1c(F)cccc1NC(=O)CN1CC2CCC(C1)N2S(=O)(=O)c1ccccc1. The molecule has 0 spiro atoms. The van der Waals surface area contributed by atoms with Crippen molar-refractivity contribution in [1.82, 2.24) is 9.21 Å². The summed E-state index contributed by atoms with van der Waals surface area (Å²) in [5.41, 5.74) is 0.864. The Hall–Kier alpha value is -2.29. The van der Waals surface area contributed by atoms with Crippen molar-refractivity contribution in [1.29, 1.82) is 0 Å². The quantitative estimate of drug-likeness (QED) is 0.812. The van der Waals surface area contributed by atoms with Crippen molar-refractivity contribution < 1.29 is 17.6 Å². The number of carbonyl (C=O) groups excluding carboxylic acids is 1. The highest BCUT2D eigenvalue weighted by atomic mass is 32.2. The van der Waals surface area contributed by atoms with Crippen LogP contribution in [0, 0.1) is 12.7 Å². The Morgan fingerprint density at radius 3 is 2.38 bits per heavy atom. The maximum atomic E-state index is 13.7. The van der Waals surface area contributed by atoms with Crippen LogP contribution < -0.4 is 5.32 Å². The lowest BCUT2D eigenvalue weighted by Gasteiger charge is -2.39. The molecule has 4 rings (SSSR count). The molecule has 2 unspecified atom stereocenters. The van der Waals surface area contributed by atoms with E-state index in [0.717, 1.165) is 12.8 Å². The first-order valence-electron chi connectivity index (χ1n) is 9.72. The van der Waals surface area contributed by atoms with Crippen molar-refractivity contribution in [3.05, 3.63) is 59.9 Å². The number of hydrogen-bond donors (Lipinski definition) is 1. The molecule has 1 amide bonds. The third-order valence-corrected chi connectivity index (χ3v) is 7.74. The van der Waals surface area contributed by atoms with Gasteiger partial charge in [0, 0.05) is 36.4 Å². The van der Waals surface area contributed by atoms with Crippen LogP contribution >= 0.6 is 0 Å². The molecule has 2 aromatic carbocycles. The number of fused-ring (bicyclic) bond motifs is 2. The van der Waals surface area contributed by atoms with Gasteiger partial charge in [0.1, 0.15) is 5.82 Å². The Balaban J connectivity index is 1.43. The van der Waals surface area contributed by atoms with Gasteiger partial charge in [-0.2, -0.15) is 4.31 Å². The van der Waals surface area contributed by atoms with E-state index in [-0.39, 0.29) is 30.4 Å². The van der Waals surface area contributed by atoms with Crippen LogP contribution in [0.2, 0.25) is 0 Å². The van der Waals surface area contributed by atoms with Crippen LogP contribution in [0.4, 0.5) is 10.1 Å². The van der Waals surface area contributed by atoms with Gasteiger partial charge < -0.3 is 5.32 Å². The second-order valence-electron chi connectivity index (χ2n) is 7.69. The van der Waals surface area contributed by atoms with Gasteiger partial charge in [0.05, 0.1) is 11.4 Å². The lowest BCUT2D eigenvalue weighted by atomic mass is 10.2. The molecule has 2 aliphatic heterocycles. The molecule has 0 radical (unpaired) electrons. The molecule has 1 N–H and O–H groups in total. The molecule has 8 heteroatoms. The Morgan fingerprint density at radius 2 is 1.72 bits per heavy atom. The third kappa shape index (κ3) is 3.92. The Bertz CT molecular complexity index is 999. The summed E-state index contributed by atoms with van der Waals surface area (Å²) in [5, 5.41) is 2.76. The van der Waals surface area contributed by atoms with E-state index in [2.05, 4.69) is 5.32 Å². The molecule has 2 aliphatic rings. The number of amides is 1. The summed E-state index contributed by atoms with van der Waals surface area (Å²) in [6.45, 7) is 2.80. The number of anilines is 1. The molecule has 2 fully saturated rings. The highest BCUT2D eigenvalue weighted by Gasteiger charge is 2.46. The van der Waals surface area contributed by atoms with Crippen molar-refractivity contribution in [2.45, 2.75) is 36.7 Å². The summed E-state index contributed by atoms with van der Waals surface area (Å²) in [6, 6.07) is 12.8. The van der Waals surface area contributed by atoms with Crippen LogP contribution in [0.5, 0.6) is 0 Å². The van der Waals surface area contributed by atoms with Gasteiger partial charge in [-0.1, -0.05) is 24.3 Å². The zero-order valence-corrected chi connectivity index (χ0v) is 17.0. The zero-order valence-electron chi connectivity index (χ0n) is 16.2. The fraction of sp³-hybridized carbons (Fsp3) is 0.381. The number of nitrogens with zero attached hydrogens (tertiary/aromatic N) is 2. The van der Waals surface area contributed by atoms with Gasteiger partial charge in [-0.25, -0.2) is 12.8 Å². The van der Waals surface area contributed by atoms with Gasteiger partial charge in [0.15, 0.2) is 0 Å². The molecule has 2 bridgehead atoms. The van der Waals surface area contributed by atoms with E-state index in [1.165, 1.54) is 6.07 Å².